The van der Waals surface area contributed by atoms with Gasteiger partial charge < -0.3 is 1.43 Å². The summed E-state index contributed by atoms with van der Waals surface area (Å²) < 4.78 is 1.53. The molecule has 0 saturated heterocycles. The molecule has 1 aromatic rings. The zero-order valence-corrected chi connectivity index (χ0v) is 6.83. The summed E-state index contributed by atoms with van der Waals surface area (Å²) in [5.41, 5.74) is 0. The number of rotatable bonds is 2. The third-order valence-corrected chi connectivity index (χ3v) is 2.50. The first kappa shape index (κ1) is 6.87. The first-order chi connectivity index (χ1) is 4.43. The van der Waals surface area contributed by atoms with Crippen molar-refractivity contribution in [1.82, 2.24) is 0 Å². The van der Waals surface area contributed by atoms with Crippen LogP contribution in [0.5, 0.6) is 0 Å². The molecule has 46 valence electrons. The van der Waals surface area contributed by atoms with E-state index < -0.39 is 0 Å². The standard InChI is InChI=1S/C6H5.C2H5.Al.H/c1-2-4-6-5-3-1;1-2;;/h1-5H;1H2,2H3;;/q;;+1;-1. The van der Waals surface area contributed by atoms with Crippen molar-refractivity contribution in [3.05, 3.63) is 30.3 Å². The van der Waals surface area contributed by atoms with Crippen molar-refractivity contribution < 1.29 is 1.43 Å². The largest absolute Gasteiger partial charge is 1.00 e. The van der Waals surface area contributed by atoms with Gasteiger partial charge in [-0.25, -0.2) is 0 Å². The van der Waals surface area contributed by atoms with Gasteiger partial charge in [-0.2, -0.15) is 0 Å². The Morgan fingerprint density at radius 3 is 2.56 bits per heavy atom. The topological polar surface area (TPSA) is 0 Å². The van der Waals surface area contributed by atoms with Crippen LogP contribution in [0.4, 0.5) is 0 Å². The van der Waals surface area contributed by atoms with Crippen LogP contribution in [0.1, 0.15) is 8.35 Å². The number of benzene rings is 1. The molecule has 0 aliphatic heterocycles. The smallest absolute Gasteiger partial charge is 1.00 e. The Morgan fingerprint density at radius 1 is 1.33 bits per heavy atom. The average molecular weight is 134 g/mol. The fourth-order valence-corrected chi connectivity index (χ4v) is 1.79. The second-order valence-electron chi connectivity index (χ2n) is 2.02. The van der Waals surface area contributed by atoms with Crippen LogP contribution in [0.2, 0.25) is 5.28 Å². The predicted octanol–water partition coefficient (Wildman–Crippen LogP) is 1.57. The SMILES string of the molecule is C[CH2][Al+][c]1ccccc1.[H-]. The fraction of sp³-hybridized carbons (Fsp3) is 0.250. The summed E-state index contributed by atoms with van der Waals surface area (Å²) in [6, 6.07) is 10.7. The van der Waals surface area contributed by atoms with Gasteiger partial charge in [-0.15, -0.1) is 0 Å². The Kier molecular flexibility index (Phi) is 2.84. The molecule has 0 aliphatic rings. The number of hydrogen-bond acceptors (Lipinski definition) is 0. The van der Waals surface area contributed by atoms with Crippen LogP contribution < -0.4 is 4.43 Å². The maximum Gasteiger partial charge on any atom is -1.00 e. The molecule has 0 bridgehead atoms. The van der Waals surface area contributed by atoms with Crippen molar-refractivity contribution in [3.63, 3.8) is 0 Å². The summed E-state index contributed by atoms with van der Waals surface area (Å²) in [5.74, 6) is 0. The van der Waals surface area contributed by atoms with E-state index in [9.17, 15) is 0 Å². The maximum atomic E-state index is 2.24. The van der Waals surface area contributed by atoms with Crippen LogP contribution in [0.15, 0.2) is 30.3 Å². The van der Waals surface area contributed by atoms with E-state index in [1.807, 2.05) is 0 Å². The van der Waals surface area contributed by atoms with Gasteiger partial charge in [-0.05, 0) is 0 Å². The minimum absolute atomic E-state index is 0. The second kappa shape index (κ2) is 3.72. The summed E-state index contributed by atoms with van der Waals surface area (Å²) >= 11 is 0.543. The van der Waals surface area contributed by atoms with Crippen LogP contribution in [0.3, 0.4) is 0 Å². The van der Waals surface area contributed by atoms with Crippen molar-refractivity contribution in [3.8, 4) is 0 Å². The van der Waals surface area contributed by atoms with Gasteiger partial charge in [0.25, 0.3) is 0 Å². The summed E-state index contributed by atoms with van der Waals surface area (Å²) in [7, 11) is 0. The van der Waals surface area contributed by atoms with E-state index in [-0.39, 0.29) is 1.43 Å². The quantitative estimate of drug-likeness (QED) is 0.538. The maximum absolute atomic E-state index is 2.24. The molecule has 0 aliphatic carbocycles. The molecule has 1 heteroatoms. The molecule has 0 aromatic heterocycles. The van der Waals surface area contributed by atoms with E-state index in [4.69, 9.17) is 0 Å². The van der Waals surface area contributed by atoms with E-state index in [0.29, 0.717) is 15.2 Å². The Balaban J connectivity index is 0.000000810. The van der Waals surface area contributed by atoms with Gasteiger partial charge >= 0.3 is 62.2 Å². The third kappa shape index (κ3) is 2.22. The van der Waals surface area contributed by atoms with E-state index in [1.165, 1.54) is 9.71 Å². The Bertz CT molecular complexity index is 162. The molecule has 0 saturated carbocycles. The molecule has 0 spiro atoms. The Hall–Kier alpha value is -0.248. The molecule has 0 radical (unpaired) electrons. The minimum atomic E-state index is 0. The van der Waals surface area contributed by atoms with E-state index >= 15 is 0 Å². The van der Waals surface area contributed by atoms with Crippen LogP contribution in [-0.2, 0) is 0 Å². The van der Waals surface area contributed by atoms with Gasteiger partial charge in [0.2, 0.25) is 0 Å². The first-order valence-electron chi connectivity index (χ1n) is 3.31. The van der Waals surface area contributed by atoms with Crippen molar-refractivity contribution in [2.45, 2.75) is 12.2 Å². The predicted molar refractivity (Wildman–Crippen MR) is 43.4 cm³/mol. The van der Waals surface area contributed by atoms with Crippen LogP contribution in [0, 0.1) is 0 Å². The van der Waals surface area contributed by atoms with Crippen molar-refractivity contribution in [2.75, 3.05) is 0 Å². The first-order valence-corrected chi connectivity index (χ1v) is 4.71. The normalized spacial score (nSPS) is 8.56. The van der Waals surface area contributed by atoms with E-state index in [1.54, 1.807) is 0 Å². The van der Waals surface area contributed by atoms with Crippen molar-refractivity contribution in [2.24, 2.45) is 0 Å². The fourth-order valence-electron chi connectivity index (χ4n) is 0.825. The molecule has 0 fully saturated rings. The molecule has 0 amide bonds. The molecular formula is C8H11Al. The molecule has 0 N–H and O–H groups in total. The van der Waals surface area contributed by atoms with Crippen LogP contribution in [0.25, 0.3) is 0 Å². The van der Waals surface area contributed by atoms with Gasteiger partial charge in [0.05, 0.1) is 0 Å². The summed E-state index contributed by atoms with van der Waals surface area (Å²) in [5, 5.41) is 1.32. The number of hydrogen-bond donors (Lipinski definition) is 0. The molecule has 9 heavy (non-hydrogen) atoms. The van der Waals surface area contributed by atoms with Crippen molar-refractivity contribution >= 4 is 19.6 Å². The Labute approximate surface area is 64.1 Å². The van der Waals surface area contributed by atoms with Gasteiger partial charge in [-0.3, -0.25) is 0 Å². The van der Waals surface area contributed by atoms with Gasteiger partial charge in [0, 0.05) is 0 Å². The average Bonchev–Trinajstić information content (AvgIpc) is 1.91. The van der Waals surface area contributed by atoms with E-state index in [0.717, 1.165) is 0 Å². The Morgan fingerprint density at radius 2 is 2.00 bits per heavy atom. The monoisotopic (exact) mass is 134 g/mol. The second-order valence-corrected chi connectivity index (χ2v) is 3.91. The van der Waals surface area contributed by atoms with E-state index in [2.05, 4.69) is 37.3 Å². The van der Waals surface area contributed by atoms with Gasteiger partial charge in [0.15, 0.2) is 0 Å². The molecular weight excluding hydrogens is 123 g/mol. The third-order valence-electron chi connectivity index (χ3n) is 1.24. The van der Waals surface area contributed by atoms with Crippen LogP contribution in [-0.4, -0.2) is 15.2 Å². The molecule has 0 atom stereocenters. The van der Waals surface area contributed by atoms with Crippen molar-refractivity contribution in [1.29, 1.82) is 0 Å². The summed E-state index contributed by atoms with van der Waals surface area (Å²) in [6.07, 6.45) is 0. The summed E-state index contributed by atoms with van der Waals surface area (Å²) in [6.45, 7) is 2.24. The van der Waals surface area contributed by atoms with Crippen LogP contribution >= 0.6 is 0 Å². The summed E-state index contributed by atoms with van der Waals surface area (Å²) in [4.78, 5) is 0. The molecule has 1 rings (SSSR count). The minimum Gasteiger partial charge on any atom is -1.00 e. The molecule has 1 aromatic carbocycles. The molecule has 0 unspecified atom stereocenters. The molecule has 0 heterocycles. The molecule has 0 nitrogen and oxygen atoms in total. The van der Waals surface area contributed by atoms with Gasteiger partial charge in [-0.1, -0.05) is 0 Å². The van der Waals surface area contributed by atoms with Gasteiger partial charge in [0.1, 0.15) is 0 Å². The zero-order valence-electron chi connectivity index (χ0n) is 6.67. The zero-order chi connectivity index (χ0) is 6.53.